The highest BCUT2D eigenvalue weighted by Gasteiger charge is 2.22. The summed E-state index contributed by atoms with van der Waals surface area (Å²) in [5, 5.41) is 0. The van der Waals surface area contributed by atoms with Gasteiger partial charge in [0.1, 0.15) is 4.21 Å². The Morgan fingerprint density at radius 1 is 1.28 bits per heavy atom. The molecule has 134 valence electrons. The quantitative estimate of drug-likeness (QED) is 0.855. The fraction of sp³-hybridized carbons (Fsp3) is 0.312. The van der Waals surface area contributed by atoms with Gasteiger partial charge in [0.2, 0.25) is 0 Å². The average molecular weight is 401 g/mol. The number of hydrogen-bond acceptors (Lipinski definition) is 5. The summed E-state index contributed by atoms with van der Waals surface area (Å²) in [4.78, 5) is 14.2. The monoisotopic (exact) mass is 400 g/mol. The standard InChI is InChI=1S/C16H17ClN2O4S2/c1-11-10-19(8-9-23-11)16(20)12-2-4-13(5-3-12)18-25(21,22)15-7-6-14(17)24-15/h2-7,11,18H,8-10H2,1H3/t11-/m0/s1. The van der Waals surface area contributed by atoms with E-state index in [9.17, 15) is 13.2 Å². The van der Waals surface area contributed by atoms with E-state index in [0.717, 1.165) is 11.3 Å². The Bertz CT molecular complexity index is 865. The molecule has 1 saturated heterocycles. The maximum absolute atomic E-state index is 12.5. The zero-order valence-electron chi connectivity index (χ0n) is 13.4. The van der Waals surface area contributed by atoms with Gasteiger partial charge in [0.25, 0.3) is 15.9 Å². The van der Waals surface area contributed by atoms with Crippen LogP contribution in [0.4, 0.5) is 5.69 Å². The maximum atomic E-state index is 12.5. The van der Waals surface area contributed by atoms with E-state index in [0.29, 0.717) is 35.3 Å². The largest absolute Gasteiger partial charge is 0.375 e. The van der Waals surface area contributed by atoms with E-state index in [1.807, 2.05) is 6.92 Å². The number of carbonyl (C=O) groups excluding carboxylic acids is 1. The van der Waals surface area contributed by atoms with E-state index in [1.54, 1.807) is 29.2 Å². The van der Waals surface area contributed by atoms with Crippen LogP contribution in [0.2, 0.25) is 4.34 Å². The molecule has 1 aliphatic heterocycles. The number of thiophene rings is 1. The lowest BCUT2D eigenvalue weighted by molar-refractivity contribution is -0.0124. The van der Waals surface area contributed by atoms with Crippen molar-refractivity contribution in [2.45, 2.75) is 17.2 Å². The topological polar surface area (TPSA) is 75.7 Å². The molecule has 0 spiro atoms. The molecule has 0 radical (unpaired) electrons. The molecule has 1 aromatic carbocycles. The molecule has 1 fully saturated rings. The molecular weight excluding hydrogens is 384 g/mol. The fourth-order valence-electron chi connectivity index (χ4n) is 2.51. The first-order valence-corrected chi connectivity index (χ1v) is 10.3. The second-order valence-electron chi connectivity index (χ2n) is 5.67. The molecule has 9 heteroatoms. The summed E-state index contributed by atoms with van der Waals surface area (Å²) in [6, 6.07) is 9.36. The van der Waals surface area contributed by atoms with E-state index in [2.05, 4.69) is 4.72 Å². The first-order valence-electron chi connectivity index (χ1n) is 7.64. The number of hydrogen-bond donors (Lipinski definition) is 1. The summed E-state index contributed by atoms with van der Waals surface area (Å²) < 4.78 is 33.0. The Morgan fingerprint density at radius 2 is 2.00 bits per heavy atom. The minimum absolute atomic E-state index is 0.0152. The van der Waals surface area contributed by atoms with Crippen molar-refractivity contribution in [3.05, 3.63) is 46.3 Å². The van der Waals surface area contributed by atoms with E-state index in [4.69, 9.17) is 16.3 Å². The van der Waals surface area contributed by atoms with Crippen LogP contribution in [-0.4, -0.2) is 45.0 Å². The van der Waals surface area contributed by atoms with Gasteiger partial charge in [-0.3, -0.25) is 9.52 Å². The second-order valence-corrected chi connectivity index (χ2v) is 9.30. The zero-order chi connectivity index (χ0) is 18.0. The van der Waals surface area contributed by atoms with E-state index in [-0.39, 0.29) is 16.2 Å². The molecule has 1 aromatic heterocycles. The number of halogens is 1. The van der Waals surface area contributed by atoms with Crippen molar-refractivity contribution >= 4 is 44.6 Å². The molecule has 1 amide bonds. The van der Waals surface area contributed by atoms with Crippen LogP contribution < -0.4 is 4.72 Å². The van der Waals surface area contributed by atoms with Crippen molar-refractivity contribution in [2.75, 3.05) is 24.4 Å². The number of morpholine rings is 1. The van der Waals surface area contributed by atoms with Crippen LogP contribution in [0, 0.1) is 0 Å². The lowest BCUT2D eigenvalue weighted by Gasteiger charge is -2.31. The van der Waals surface area contributed by atoms with Gasteiger partial charge in [-0.05, 0) is 43.3 Å². The van der Waals surface area contributed by atoms with Crippen molar-refractivity contribution in [3.63, 3.8) is 0 Å². The predicted octanol–water partition coefficient (Wildman–Crippen LogP) is 3.06. The minimum atomic E-state index is -3.68. The third kappa shape index (κ3) is 4.33. The van der Waals surface area contributed by atoms with Crippen LogP contribution in [0.3, 0.4) is 0 Å². The summed E-state index contributed by atoms with van der Waals surface area (Å²) in [5.41, 5.74) is 0.896. The molecule has 2 heterocycles. The number of benzene rings is 1. The molecule has 0 bridgehead atoms. The van der Waals surface area contributed by atoms with Crippen molar-refractivity contribution in [1.29, 1.82) is 0 Å². The highest BCUT2D eigenvalue weighted by Crippen LogP contribution is 2.27. The predicted molar refractivity (Wildman–Crippen MR) is 97.9 cm³/mol. The third-order valence-electron chi connectivity index (χ3n) is 3.73. The number of ether oxygens (including phenoxy) is 1. The van der Waals surface area contributed by atoms with Gasteiger partial charge in [-0.25, -0.2) is 8.42 Å². The van der Waals surface area contributed by atoms with Gasteiger partial charge in [0.15, 0.2) is 0 Å². The Balaban J connectivity index is 1.71. The van der Waals surface area contributed by atoms with Gasteiger partial charge in [-0.1, -0.05) is 11.6 Å². The number of nitrogens with zero attached hydrogens (tertiary/aromatic N) is 1. The number of sulfonamides is 1. The number of rotatable bonds is 4. The van der Waals surface area contributed by atoms with Crippen molar-refractivity contribution in [3.8, 4) is 0 Å². The van der Waals surface area contributed by atoms with Gasteiger partial charge in [-0.2, -0.15) is 0 Å². The zero-order valence-corrected chi connectivity index (χ0v) is 15.8. The Hall–Kier alpha value is -1.61. The molecule has 0 unspecified atom stereocenters. The molecule has 1 N–H and O–H groups in total. The number of amides is 1. The third-order valence-corrected chi connectivity index (χ3v) is 6.83. The van der Waals surface area contributed by atoms with E-state index in [1.165, 1.54) is 12.1 Å². The van der Waals surface area contributed by atoms with Crippen LogP contribution in [0.15, 0.2) is 40.6 Å². The number of anilines is 1. The van der Waals surface area contributed by atoms with E-state index >= 15 is 0 Å². The molecular formula is C16H17ClN2O4S2. The molecule has 1 atom stereocenters. The second kappa shape index (κ2) is 7.33. The summed E-state index contributed by atoms with van der Waals surface area (Å²) in [6.45, 7) is 3.55. The van der Waals surface area contributed by atoms with Gasteiger partial charge in [0, 0.05) is 24.3 Å². The van der Waals surface area contributed by atoms with Crippen molar-refractivity contribution in [2.24, 2.45) is 0 Å². The number of nitrogens with one attached hydrogen (secondary N) is 1. The molecule has 0 aliphatic carbocycles. The van der Waals surface area contributed by atoms with Crippen LogP contribution in [0.5, 0.6) is 0 Å². The fourth-order valence-corrected chi connectivity index (χ4v) is 5.06. The summed E-state index contributed by atoms with van der Waals surface area (Å²) in [5.74, 6) is -0.0883. The number of carbonyl (C=O) groups is 1. The van der Waals surface area contributed by atoms with Gasteiger partial charge in [0.05, 0.1) is 17.0 Å². The van der Waals surface area contributed by atoms with Gasteiger partial charge in [-0.15, -0.1) is 11.3 Å². The van der Waals surface area contributed by atoms with Crippen molar-refractivity contribution in [1.82, 2.24) is 4.90 Å². The lowest BCUT2D eigenvalue weighted by Crippen LogP contribution is -2.44. The van der Waals surface area contributed by atoms with Gasteiger partial charge >= 0.3 is 0 Å². The average Bonchev–Trinajstić information content (AvgIpc) is 3.02. The SMILES string of the molecule is C[C@H]1CN(C(=O)c2ccc(NS(=O)(=O)c3ccc(Cl)s3)cc2)CCO1. The molecule has 2 aromatic rings. The van der Waals surface area contributed by atoms with Crippen molar-refractivity contribution < 1.29 is 17.9 Å². The molecule has 0 saturated carbocycles. The lowest BCUT2D eigenvalue weighted by atomic mass is 10.1. The molecule has 25 heavy (non-hydrogen) atoms. The summed E-state index contributed by atoms with van der Waals surface area (Å²) in [7, 11) is -3.68. The Kier molecular flexibility index (Phi) is 5.33. The first-order chi connectivity index (χ1) is 11.8. The van der Waals surface area contributed by atoms with E-state index < -0.39 is 10.0 Å². The molecule has 3 rings (SSSR count). The Labute approximate surface area is 155 Å². The maximum Gasteiger partial charge on any atom is 0.271 e. The highest BCUT2D eigenvalue weighted by atomic mass is 35.5. The minimum Gasteiger partial charge on any atom is -0.375 e. The van der Waals surface area contributed by atoms with Crippen LogP contribution in [0.1, 0.15) is 17.3 Å². The highest BCUT2D eigenvalue weighted by molar-refractivity contribution is 7.94. The summed E-state index contributed by atoms with van der Waals surface area (Å²) >= 11 is 6.77. The normalized spacial score (nSPS) is 18.2. The first kappa shape index (κ1) is 18.2. The van der Waals surface area contributed by atoms with Crippen LogP contribution in [-0.2, 0) is 14.8 Å². The molecule has 6 nitrogen and oxygen atoms in total. The smallest absolute Gasteiger partial charge is 0.271 e. The van der Waals surface area contributed by atoms with Crippen LogP contribution >= 0.6 is 22.9 Å². The summed E-state index contributed by atoms with van der Waals surface area (Å²) in [6.07, 6.45) is 0.0152. The van der Waals surface area contributed by atoms with Gasteiger partial charge < -0.3 is 9.64 Å². The molecule has 1 aliphatic rings. The Morgan fingerprint density at radius 3 is 2.60 bits per heavy atom. The van der Waals surface area contributed by atoms with Crippen LogP contribution in [0.25, 0.3) is 0 Å².